The van der Waals surface area contributed by atoms with Crippen LogP contribution in [-0.2, 0) is 0 Å². The minimum Gasteiger partial charge on any atom is -0.330 e. The molecule has 0 bridgehead atoms. The van der Waals surface area contributed by atoms with Crippen molar-refractivity contribution in [2.24, 2.45) is 17.2 Å². The second kappa shape index (κ2) is 10.3. The Morgan fingerprint density at radius 2 is 1.80 bits per heavy atom. The molecule has 7 N–H and O–H groups in total. The van der Waals surface area contributed by atoms with Gasteiger partial charge in [-0.15, -0.1) is 0 Å². The van der Waals surface area contributed by atoms with Gasteiger partial charge in [-0.1, -0.05) is 0 Å². The third-order valence-electron chi connectivity index (χ3n) is 2.28. The molecule has 0 aromatic heterocycles. The molecular formula is C10H27N5. The molecule has 1 rings (SSSR count). The predicted molar refractivity (Wildman–Crippen MR) is 65.7 cm³/mol. The molecule has 0 spiro atoms. The molecule has 1 fully saturated rings. The lowest BCUT2D eigenvalue weighted by Gasteiger charge is -2.26. The van der Waals surface area contributed by atoms with Gasteiger partial charge in [-0.25, -0.2) is 0 Å². The van der Waals surface area contributed by atoms with Crippen molar-refractivity contribution in [1.82, 2.24) is 10.2 Å². The Kier molecular flexibility index (Phi) is 10.2. The molecule has 5 heteroatoms. The number of nitrogens with zero attached hydrogens (tertiary/aromatic N) is 1. The molecule has 1 heterocycles. The highest BCUT2D eigenvalue weighted by Gasteiger charge is 2.06. The molecule has 1 aliphatic rings. The average Bonchev–Trinajstić information content (AvgIpc) is 2.20. The summed E-state index contributed by atoms with van der Waals surface area (Å²) in [6.07, 6.45) is 0.931. The molecule has 0 saturated carbocycles. The van der Waals surface area contributed by atoms with E-state index in [1.165, 1.54) is 0 Å². The third kappa shape index (κ3) is 10.1. The lowest BCUT2D eigenvalue weighted by Crippen LogP contribution is -2.45. The largest absolute Gasteiger partial charge is 0.330 e. The Labute approximate surface area is 93.4 Å². The van der Waals surface area contributed by atoms with E-state index in [2.05, 4.69) is 10.2 Å². The van der Waals surface area contributed by atoms with Gasteiger partial charge in [0.25, 0.3) is 0 Å². The van der Waals surface area contributed by atoms with Crippen LogP contribution in [0.15, 0.2) is 0 Å². The van der Waals surface area contributed by atoms with Crippen molar-refractivity contribution in [3.63, 3.8) is 0 Å². The van der Waals surface area contributed by atoms with Gasteiger partial charge >= 0.3 is 0 Å². The summed E-state index contributed by atoms with van der Waals surface area (Å²) < 4.78 is 0. The predicted octanol–water partition coefficient (Wildman–Crippen LogP) is -1.47. The van der Waals surface area contributed by atoms with Crippen LogP contribution in [0.3, 0.4) is 0 Å². The molecule has 0 amide bonds. The number of hydrogen-bond donors (Lipinski definition) is 4. The van der Waals surface area contributed by atoms with E-state index in [1.807, 2.05) is 6.92 Å². The molecular weight excluding hydrogens is 190 g/mol. The van der Waals surface area contributed by atoms with E-state index in [1.54, 1.807) is 0 Å². The van der Waals surface area contributed by atoms with Crippen LogP contribution in [-0.4, -0.2) is 56.8 Å². The first-order chi connectivity index (χ1) is 7.20. The van der Waals surface area contributed by atoms with E-state index in [0.717, 1.165) is 45.7 Å². The topological polar surface area (TPSA) is 93.3 Å². The van der Waals surface area contributed by atoms with Crippen LogP contribution < -0.4 is 22.5 Å². The molecule has 0 radical (unpaired) electrons. The summed E-state index contributed by atoms with van der Waals surface area (Å²) in [5, 5.41) is 3.29. The highest BCUT2D eigenvalue weighted by molar-refractivity contribution is 4.66. The van der Waals surface area contributed by atoms with Gasteiger partial charge < -0.3 is 22.5 Å². The Balaban J connectivity index is 0.000000288. The van der Waals surface area contributed by atoms with Crippen molar-refractivity contribution in [3.05, 3.63) is 0 Å². The molecule has 1 unspecified atom stereocenters. The monoisotopic (exact) mass is 217 g/mol. The smallest absolute Gasteiger partial charge is 0.0108 e. The minimum absolute atomic E-state index is 0.273. The van der Waals surface area contributed by atoms with Crippen molar-refractivity contribution in [2.45, 2.75) is 19.4 Å². The molecule has 15 heavy (non-hydrogen) atoms. The molecule has 1 atom stereocenters. The molecule has 5 nitrogen and oxygen atoms in total. The fraction of sp³-hybridized carbons (Fsp3) is 1.00. The van der Waals surface area contributed by atoms with Gasteiger partial charge in [0.15, 0.2) is 0 Å². The third-order valence-corrected chi connectivity index (χ3v) is 2.28. The van der Waals surface area contributed by atoms with Crippen LogP contribution in [0.4, 0.5) is 0 Å². The molecule has 1 aliphatic heterocycles. The van der Waals surface area contributed by atoms with E-state index in [9.17, 15) is 0 Å². The van der Waals surface area contributed by atoms with E-state index >= 15 is 0 Å². The van der Waals surface area contributed by atoms with Crippen molar-refractivity contribution in [2.75, 3.05) is 45.8 Å². The van der Waals surface area contributed by atoms with Gasteiger partial charge in [0, 0.05) is 45.3 Å². The number of nitrogens with two attached hydrogens (primary N) is 3. The number of hydrogen-bond acceptors (Lipinski definition) is 5. The summed E-state index contributed by atoms with van der Waals surface area (Å²) in [5.41, 5.74) is 15.9. The molecule has 0 aromatic rings. The van der Waals surface area contributed by atoms with E-state index in [0.29, 0.717) is 6.54 Å². The molecule has 1 saturated heterocycles. The zero-order chi connectivity index (χ0) is 11.5. The van der Waals surface area contributed by atoms with Gasteiger partial charge in [-0.05, 0) is 19.9 Å². The summed E-state index contributed by atoms with van der Waals surface area (Å²) in [7, 11) is 0. The zero-order valence-corrected chi connectivity index (χ0v) is 9.91. The second-order valence-electron chi connectivity index (χ2n) is 3.93. The second-order valence-corrected chi connectivity index (χ2v) is 3.93. The molecule has 0 aromatic carbocycles. The van der Waals surface area contributed by atoms with Gasteiger partial charge in [0.2, 0.25) is 0 Å². The highest BCUT2D eigenvalue weighted by Crippen LogP contribution is 1.88. The highest BCUT2D eigenvalue weighted by atomic mass is 15.2. The zero-order valence-electron chi connectivity index (χ0n) is 9.91. The summed E-state index contributed by atoms with van der Waals surface area (Å²) >= 11 is 0. The van der Waals surface area contributed by atoms with E-state index in [4.69, 9.17) is 17.2 Å². The van der Waals surface area contributed by atoms with E-state index < -0.39 is 0 Å². The molecule has 0 aliphatic carbocycles. The first-order valence-corrected chi connectivity index (χ1v) is 5.79. The number of rotatable bonds is 4. The maximum atomic E-state index is 5.40. The Bertz CT molecular complexity index is 120. The standard InChI is InChI=1S/C6H15N3.C4H12N2/c7-1-4-9-5-2-8-3-6-9;1-4(6)2-3-5/h8H,1-7H2;4H,2-3,5-6H2,1H3. The van der Waals surface area contributed by atoms with Crippen molar-refractivity contribution in [1.29, 1.82) is 0 Å². The van der Waals surface area contributed by atoms with Crippen LogP contribution in [0.25, 0.3) is 0 Å². The fourth-order valence-corrected chi connectivity index (χ4v) is 1.38. The van der Waals surface area contributed by atoms with Crippen LogP contribution in [0.1, 0.15) is 13.3 Å². The van der Waals surface area contributed by atoms with Crippen LogP contribution in [0, 0.1) is 0 Å². The Morgan fingerprint density at radius 1 is 1.20 bits per heavy atom. The van der Waals surface area contributed by atoms with Crippen LogP contribution >= 0.6 is 0 Å². The van der Waals surface area contributed by atoms with Crippen LogP contribution in [0.2, 0.25) is 0 Å². The number of nitrogens with one attached hydrogen (secondary N) is 1. The van der Waals surface area contributed by atoms with Crippen molar-refractivity contribution < 1.29 is 0 Å². The van der Waals surface area contributed by atoms with Crippen molar-refractivity contribution >= 4 is 0 Å². The van der Waals surface area contributed by atoms with Gasteiger partial charge in [0.05, 0.1) is 0 Å². The average molecular weight is 217 g/mol. The van der Waals surface area contributed by atoms with Gasteiger partial charge in [-0.3, -0.25) is 4.90 Å². The fourth-order valence-electron chi connectivity index (χ4n) is 1.38. The van der Waals surface area contributed by atoms with Crippen molar-refractivity contribution in [3.8, 4) is 0 Å². The van der Waals surface area contributed by atoms with Gasteiger partial charge in [-0.2, -0.15) is 0 Å². The minimum atomic E-state index is 0.273. The normalized spacial score (nSPS) is 19.2. The summed E-state index contributed by atoms with van der Waals surface area (Å²) in [6, 6.07) is 0.273. The first kappa shape index (κ1) is 14.8. The number of piperazine rings is 1. The Hall–Kier alpha value is -0.200. The Morgan fingerprint density at radius 3 is 2.13 bits per heavy atom. The SMILES string of the molecule is CC(N)CCN.NCCN1CCNCC1. The lowest BCUT2D eigenvalue weighted by molar-refractivity contribution is 0.247. The summed E-state index contributed by atoms with van der Waals surface area (Å²) in [6.45, 7) is 9.08. The maximum Gasteiger partial charge on any atom is 0.0108 e. The molecule has 92 valence electrons. The summed E-state index contributed by atoms with van der Waals surface area (Å²) in [4.78, 5) is 2.39. The van der Waals surface area contributed by atoms with Gasteiger partial charge in [0.1, 0.15) is 0 Å². The maximum absolute atomic E-state index is 5.40. The quantitative estimate of drug-likeness (QED) is 0.461. The summed E-state index contributed by atoms with van der Waals surface area (Å²) in [5.74, 6) is 0. The van der Waals surface area contributed by atoms with E-state index in [-0.39, 0.29) is 6.04 Å². The van der Waals surface area contributed by atoms with Crippen LogP contribution in [0.5, 0.6) is 0 Å². The lowest BCUT2D eigenvalue weighted by atomic mass is 10.3. The first-order valence-electron chi connectivity index (χ1n) is 5.79.